The van der Waals surface area contributed by atoms with Crippen molar-refractivity contribution in [2.75, 3.05) is 0 Å². The normalized spacial score (nSPS) is 12.4. The molecule has 0 aliphatic carbocycles. The first-order chi connectivity index (χ1) is 16.8. The number of benzene rings is 5. The molecule has 0 radical (unpaired) electrons. The Morgan fingerprint density at radius 1 is 0.529 bits per heavy atom. The van der Waals surface area contributed by atoms with Crippen LogP contribution in [-0.4, -0.2) is 11.3 Å². The van der Waals surface area contributed by atoms with Crippen molar-refractivity contribution in [1.82, 2.24) is 4.57 Å². The summed E-state index contributed by atoms with van der Waals surface area (Å²) in [6, 6.07) is 39.9. The summed E-state index contributed by atoms with van der Waals surface area (Å²) in [5.74, 6) is 1.76. The minimum absolute atomic E-state index is 0.0123. The van der Waals surface area contributed by atoms with Gasteiger partial charge in [0.1, 0.15) is 11.5 Å². The molecule has 0 saturated heterocycles. The minimum Gasteiger partial charge on any atom is -0.458 e. The third-order valence-corrected chi connectivity index (χ3v) is 7.23. The molecular formula is C30H19BClNO. The third kappa shape index (κ3) is 2.77. The van der Waals surface area contributed by atoms with Crippen molar-refractivity contribution in [1.29, 1.82) is 0 Å². The molecule has 0 saturated carbocycles. The lowest BCUT2D eigenvalue weighted by molar-refractivity contribution is 0.487. The molecule has 0 fully saturated rings. The number of hydrogen-bond donors (Lipinski definition) is 0. The van der Waals surface area contributed by atoms with Crippen molar-refractivity contribution in [3.05, 3.63) is 120 Å². The van der Waals surface area contributed by atoms with Crippen molar-refractivity contribution < 1.29 is 4.74 Å². The molecule has 5 aromatic carbocycles. The maximum Gasteiger partial charge on any atom is 0.252 e. The van der Waals surface area contributed by atoms with Gasteiger partial charge in [0.15, 0.2) is 0 Å². The molecular weight excluding hydrogens is 437 g/mol. The van der Waals surface area contributed by atoms with Crippen LogP contribution in [0, 0.1) is 0 Å². The van der Waals surface area contributed by atoms with Crippen LogP contribution in [0.4, 0.5) is 0 Å². The maximum atomic E-state index is 7.31. The molecule has 0 N–H and O–H groups in total. The minimum atomic E-state index is -0.0123. The SMILES string of the molecule is Clc1c(B2c3ccccc3Oc3ccccc32)cccc1-n1c2ccccc2c2ccccc21. The second-order valence-corrected chi connectivity index (χ2v) is 9.04. The van der Waals surface area contributed by atoms with Gasteiger partial charge < -0.3 is 9.30 Å². The van der Waals surface area contributed by atoms with Crippen molar-refractivity contribution in [2.24, 2.45) is 0 Å². The van der Waals surface area contributed by atoms with E-state index in [4.69, 9.17) is 16.3 Å². The first-order valence-corrected chi connectivity index (χ1v) is 11.8. The lowest BCUT2D eigenvalue weighted by atomic mass is 9.36. The molecule has 0 bridgehead atoms. The van der Waals surface area contributed by atoms with E-state index in [9.17, 15) is 0 Å². The molecule has 1 aromatic heterocycles. The molecule has 4 heteroatoms. The molecule has 2 nitrogen and oxygen atoms in total. The lowest BCUT2D eigenvalue weighted by Gasteiger charge is -2.27. The monoisotopic (exact) mass is 455 g/mol. The predicted octanol–water partition coefficient (Wildman–Crippen LogP) is 6.06. The summed E-state index contributed by atoms with van der Waals surface area (Å²) in [6.07, 6.45) is 0. The molecule has 1 aliphatic rings. The van der Waals surface area contributed by atoms with E-state index < -0.39 is 0 Å². The van der Waals surface area contributed by atoms with Gasteiger partial charge in [-0.3, -0.25) is 0 Å². The molecule has 34 heavy (non-hydrogen) atoms. The number of hydrogen-bond acceptors (Lipinski definition) is 1. The Morgan fingerprint density at radius 2 is 1.03 bits per heavy atom. The van der Waals surface area contributed by atoms with E-state index in [0.717, 1.165) is 49.6 Å². The molecule has 6 aromatic rings. The highest BCUT2D eigenvalue weighted by atomic mass is 35.5. The molecule has 7 rings (SSSR count). The van der Waals surface area contributed by atoms with Crippen molar-refractivity contribution in [3.8, 4) is 17.2 Å². The zero-order valence-corrected chi connectivity index (χ0v) is 19.0. The van der Waals surface area contributed by atoms with E-state index in [1.807, 2.05) is 24.3 Å². The van der Waals surface area contributed by atoms with E-state index in [0.29, 0.717) is 0 Å². The average molecular weight is 456 g/mol. The largest absolute Gasteiger partial charge is 0.458 e. The Morgan fingerprint density at radius 3 is 1.65 bits per heavy atom. The van der Waals surface area contributed by atoms with Gasteiger partial charge in [-0.15, -0.1) is 0 Å². The number of ether oxygens (including phenoxy) is 1. The Bertz CT molecular complexity index is 1620. The van der Waals surface area contributed by atoms with Gasteiger partial charge in [0.25, 0.3) is 6.71 Å². The Balaban J connectivity index is 1.52. The summed E-state index contributed by atoms with van der Waals surface area (Å²) in [5, 5.41) is 3.20. The van der Waals surface area contributed by atoms with Crippen LogP contribution < -0.4 is 21.1 Å². The average Bonchev–Trinajstić information content (AvgIpc) is 3.22. The fourth-order valence-corrected chi connectivity index (χ4v) is 5.68. The van der Waals surface area contributed by atoms with Crippen LogP contribution in [0.25, 0.3) is 27.5 Å². The molecule has 2 heterocycles. The van der Waals surface area contributed by atoms with Crippen LogP contribution >= 0.6 is 11.6 Å². The highest BCUT2D eigenvalue weighted by Crippen LogP contribution is 2.34. The second-order valence-electron chi connectivity index (χ2n) is 8.66. The van der Waals surface area contributed by atoms with Crippen molar-refractivity contribution >= 4 is 56.5 Å². The van der Waals surface area contributed by atoms with Crippen molar-refractivity contribution in [3.63, 3.8) is 0 Å². The zero-order valence-electron chi connectivity index (χ0n) is 18.3. The first-order valence-electron chi connectivity index (χ1n) is 11.4. The molecule has 160 valence electrons. The van der Waals surface area contributed by atoms with Crippen LogP contribution in [0.15, 0.2) is 115 Å². The van der Waals surface area contributed by atoms with Crippen LogP contribution in [0.3, 0.4) is 0 Å². The molecule has 0 amide bonds. The van der Waals surface area contributed by atoms with Crippen LogP contribution in [0.2, 0.25) is 5.02 Å². The van der Waals surface area contributed by atoms with Crippen LogP contribution in [0.5, 0.6) is 11.5 Å². The van der Waals surface area contributed by atoms with E-state index in [-0.39, 0.29) is 6.71 Å². The van der Waals surface area contributed by atoms with Gasteiger partial charge in [0.2, 0.25) is 0 Å². The highest BCUT2D eigenvalue weighted by molar-refractivity contribution is 6.98. The maximum absolute atomic E-state index is 7.31. The number of fused-ring (bicyclic) bond motifs is 5. The summed E-state index contributed by atoms with van der Waals surface area (Å²) >= 11 is 7.31. The predicted molar refractivity (Wildman–Crippen MR) is 143 cm³/mol. The van der Waals surface area contributed by atoms with Gasteiger partial charge in [-0.05, 0) is 46.7 Å². The molecule has 1 aliphatic heterocycles. The number of para-hydroxylation sites is 4. The smallest absolute Gasteiger partial charge is 0.252 e. The third-order valence-electron chi connectivity index (χ3n) is 6.82. The molecule has 0 unspecified atom stereocenters. The fourth-order valence-electron chi connectivity index (χ4n) is 5.36. The lowest BCUT2D eigenvalue weighted by Crippen LogP contribution is -2.55. The van der Waals surface area contributed by atoms with Crippen LogP contribution in [-0.2, 0) is 0 Å². The second kappa shape index (κ2) is 7.54. The fraction of sp³-hybridized carbons (Fsp3) is 0. The van der Waals surface area contributed by atoms with E-state index in [1.165, 1.54) is 10.8 Å². The number of halogens is 1. The Hall–Kier alpha value is -3.95. The van der Waals surface area contributed by atoms with Crippen LogP contribution in [0.1, 0.15) is 0 Å². The Kier molecular flexibility index (Phi) is 4.33. The van der Waals surface area contributed by atoms with Crippen molar-refractivity contribution in [2.45, 2.75) is 0 Å². The standard InChI is InChI=1S/C30H19BClNO/c32-30-24(31-22-12-3-7-18-28(22)34-29-19-8-4-13-23(29)31)14-9-17-27(30)33-25-15-5-1-10-20(25)21-11-2-6-16-26(21)33/h1-19H. The van der Waals surface area contributed by atoms with E-state index >= 15 is 0 Å². The number of rotatable bonds is 2. The number of aromatic nitrogens is 1. The van der Waals surface area contributed by atoms with E-state index in [2.05, 4.69) is 95.6 Å². The highest BCUT2D eigenvalue weighted by Gasteiger charge is 2.34. The number of nitrogens with zero attached hydrogens (tertiary/aromatic N) is 1. The topological polar surface area (TPSA) is 14.2 Å². The van der Waals surface area contributed by atoms with Gasteiger partial charge in [0, 0.05) is 10.8 Å². The summed E-state index contributed by atoms with van der Waals surface area (Å²) in [5.41, 5.74) is 6.61. The first kappa shape index (κ1) is 19.5. The summed E-state index contributed by atoms with van der Waals surface area (Å²) in [7, 11) is 0. The molecule has 0 atom stereocenters. The summed E-state index contributed by atoms with van der Waals surface area (Å²) in [4.78, 5) is 0. The zero-order chi connectivity index (χ0) is 22.6. The summed E-state index contributed by atoms with van der Waals surface area (Å²) < 4.78 is 8.52. The quantitative estimate of drug-likeness (QED) is 0.289. The molecule has 0 spiro atoms. The summed E-state index contributed by atoms with van der Waals surface area (Å²) in [6.45, 7) is -0.0123. The van der Waals surface area contributed by atoms with Gasteiger partial charge in [-0.25, -0.2) is 0 Å². The Labute approximate surface area is 203 Å². The van der Waals surface area contributed by atoms with Gasteiger partial charge in [-0.2, -0.15) is 0 Å². The van der Waals surface area contributed by atoms with E-state index in [1.54, 1.807) is 0 Å². The van der Waals surface area contributed by atoms with Gasteiger partial charge in [-0.1, -0.05) is 96.5 Å². The van der Waals surface area contributed by atoms with Gasteiger partial charge in [0.05, 0.1) is 21.7 Å². The van der Waals surface area contributed by atoms with Gasteiger partial charge >= 0.3 is 0 Å².